The molecule has 8 rings (SSSR count). The van der Waals surface area contributed by atoms with Gasteiger partial charge in [-0.3, -0.25) is 0 Å². The molecular formula is C44H31N5. The third-order valence-electron chi connectivity index (χ3n) is 8.56. The van der Waals surface area contributed by atoms with E-state index >= 15 is 0 Å². The summed E-state index contributed by atoms with van der Waals surface area (Å²) in [5, 5.41) is 0. The van der Waals surface area contributed by atoms with Crippen molar-refractivity contribution in [3.63, 3.8) is 0 Å². The van der Waals surface area contributed by atoms with Crippen LogP contribution in [0.5, 0.6) is 0 Å². The van der Waals surface area contributed by atoms with Crippen molar-refractivity contribution in [2.45, 2.75) is 6.92 Å². The molecule has 49 heavy (non-hydrogen) atoms. The average Bonchev–Trinajstić information content (AvgIpc) is 3.19. The van der Waals surface area contributed by atoms with Gasteiger partial charge in [0.2, 0.25) is 0 Å². The zero-order valence-electron chi connectivity index (χ0n) is 26.9. The summed E-state index contributed by atoms with van der Waals surface area (Å²) in [7, 11) is 0. The molecule has 0 atom stereocenters. The number of aryl methyl sites for hydroxylation is 1. The molecule has 2 aromatic heterocycles. The molecule has 0 unspecified atom stereocenters. The van der Waals surface area contributed by atoms with Crippen LogP contribution >= 0.6 is 0 Å². The fraction of sp³-hybridized carbons (Fsp3) is 0.0227. The zero-order chi connectivity index (χ0) is 33.0. The Hall–Kier alpha value is -6.59. The van der Waals surface area contributed by atoms with Crippen molar-refractivity contribution < 1.29 is 0 Å². The minimum absolute atomic E-state index is 0.616. The molecule has 0 saturated heterocycles. The second-order valence-electron chi connectivity index (χ2n) is 12.0. The van der Waals surface area contributed by atoms with Gasteiger partial charge in [-0.05, 0) is 64.6 Å². The van der Waals surface area contributed by atoms with E-state index in [0.717, 1.165) is 50.2 Å². The Labute approximate surface area is 285 Å². The van der Waals surface area contributed by atoms with Gasteiger partial charge in [-0.25, -0.2) is 24.9 Å². The normalized spacial score (nSPS) is 11.0. The van der Waals surface area contributed by atoms with E-state index in [1.807, 2.05) is 66.7 Å². The van der Waals surface area contributed by atoms with E-state index < -0.39 is 0 Å². The Morgan fingerprint density at radius 1 is 0.347 bits per heavy atom. The first kappa shape index (κ1) is 29.8. The van der Waals surface area contributed by atoms with Crippen molar-refractivity contribution in [2.75, 3.05) is 0 Å². The van der Waals surface area contributed by atoms with Gasteiger partial charge in [-0.2, -0.15) is 0 Å². The molecule has 0 aliphatic carbocycles. The molecule has 0 aliphatic heterocycles. The fourth-order valence-corrected chi connectivity index (χ4v) is 6.00. The number of benzene rings is 6. The first-order valence-electron chi connectivity index (χ1n) is 16.2. The van der Waals surface area contributed by atoms with Gasteiger partial charge in [0.1, 0.15) is 6.33 Å². The minimum Gasteiger partial charge on any atom is -0.245 e. The van der Waals surface area contributed by atoms with E-state index in [1.54, 1.807) is 12.5 Å². The number of rotatable bonds is 7. The highest BCUT2D eigenvalue weighted by Crippen LogP contribution is 2.35. The van der Waals surface area contributed by atoms with Crippen LogP contribution in [0.2, 0.25) is 0 Å². The molecule has 232 valence electrons. The Kier molecular flexibility index (Phi) is 8.06. The molecule has 0 amide bonds. The summed E-state index contributed by atoms with van der Waals surface area (Å²) in [6.07, 6.45) is 3.34. The van der Waals surface area contributed by atoms with Crippen molar-refractivity contribution in [2.24, 2.45) is 0 Å². The average molecular weight is 630 g/mol. The van der Waals surface area contributed by atoms with Crippen LogP contribution in [-0.2, 0) is 0 Å². The molecule has 0 spiro atoms. The largest absolute Gasteiger partial charge is 0.245 e. The molecule has 0 bridgehead atoms. The lowest BCUT2D eigenvalue weighted by Crippen LogP contribution is -2.00. The van der Waals surface area contributed by atoms with Gasteiger partial charge in [0.25, 0.3) is 0 Å². The third kappa shape index (κ3) is 6.51. The molecule has 0 aliphatic rings. The van der Waals surface area contributed by atoms with Crippen LogP contribution in [0.15, 0.2) is 170 Å². The molecule has 2 heterocycles. The molecule has 5 nitrogen and oxygen atoms in total. The van der Waals surface area contributed by atoms with Crippen molar-refractivity contribution >= 4 is 0 Å². The van der Waals surface area contributed by atoms with Crippen LogP contribution in [0.3, 0.4) is 0 Å². The third-order valence-corrected chi connectivity index (χ3v) is 8.56. The van der Waals surface area contributed by atoms with Crippen molar-refractivity contribution in [3.8, 4) is 78.8 Å². The Morgan fingerprint density at radius 3 is 1.33 bits per heavy atom. The predicted molar refractivity (Wildman–Crippen MR) is 198 cm³/mol. The summed E-state index contributed by atoms with van der Waals surface area (Å²) in [4.78, 5) is 23.5. The lowest BCUT2D eigenvalue weighted by Gasteiger charge is -2.13. The molecule has 0 saturated carbocycles. The van der Waals surface area contributed by atoms with Gasteiger partial charge in [-0.1, -0.05) is 139 Å². The summed E-state index contributed by atoms with van der Waals surface area (Å²) in [6, 6.07) is 54.5. The van der Waals surface area contributed by atoms with E-state index in [2.05, 4.69) is 108 Å². The van der Waals surface area contributed by atoms with Crippen LogP contribution < -0.4 is 0 Å². The van der Waals surface area contributed by atoms with Gasteiger partial charge < -0.3 is 0 Å². The van der Waals surface area contributed by atoms with Gasteiger partial charge in [-0.15, -0.1) is 0 Å². The quantitative estimate of drug-likeness (QED) is 0.175. The number of nitrogens with zero attached hydrogens (tertiary/aromatic N) is 5. The van der Waals surface area contributed by atoms with Crippen molar-refractivity contribution in [1.82, 2.24) is 24.9 Å². The minimum atomic E-state index is 0.616. The molecule has 0 fully saturated rings. The smallest absolute Gasteiger partial charge is 0.164 e. The van der Waals surface area contributed by atoms with E-state index in [1.165, 1.54) is 16.7 Å². The van der Waals surface area contributed by atoms with Crippen molar-refractivity contribution in [1.29, 1.82) is 0 Å². The number of hydrogen-bond donors (Lipinski definition) is 0. The fourth-order valence-electron chi connectivity index (χ4n) is 6.00. The van der Waals surface area contributed by atoms with Crippen LogP contribution in [0.25, 0.3) is 78.8 Å². The highest BCUT2D eigenvalue weighted by molar-refractivity contribution is 5.82. The lowest BCUT2D eigenvalue weighted by molar-refractivity contribution is 1.07. The first-order chi connectivity index (χ1) is 24.2. The van der Waals surface area contributed by atoms with E-state index in [9.17, 15) is 0 Å². The molecule has 5 heteroatoms. The van der Waals surface area contributed by atoms with Crippen LogP contribution in [0.1, 0.15) is 5.56 Å². The maximum atomic E-state index is 5.05. The zero-order valence-corrected chi connectivity index (χ0v) is 26.9. The SMILES string of the molecule is Cc1cccc(-c2ccc(-c3cc(-c4ccc(-c5ccncn5)cc4)cc(-c4nc(-c5ccccc5)nc(-c5ccccc5)n4)c3)cc2)c1. The Balaban J connectivity index is 1.27. The maximum Gasteiger partial charge on any atom is 0.164 e. The summed E-state index contributed by atoms with van der Waals surface area (Å²) in [5.74, 6) is 1.88. The summed E-state index contributed by atoms with van der Waals surface area (Å²) in [6.45, 7) is 2.12. The highest BCUT2D eigenvalue weighted by atomic mass is 15.0. The maximum absolute atomic E-state index is 5.05. The van der Waals surface area contributed by atoms with Gasteiger partial charge in [0.05, 0.1) is 5.69 Å². The van der Waals surface area contributed by atoms with Gasteiger partial charge in [0, 0.05) is 28.5 Å². The number of hydrogen-bond acceptors (Lipinski definition) is 5. The standard InChI is InChI=1S/C44H31N5/c1-30-9-8-14-37(25-30)31-15-17-32(18-16-31)38-26-39(33-19-21-34(22-20-33)41-23-24-45-29-46-41)28-40(27-38)44-48-42(35-10-4-2-5-11-35)47-43(49-44)36-12-6-3-7-13-36/h2-29H,1H3. The van der Waals surface area contributed by atoms with E-state index in [0.29, 0.717) is 17.5 Å². The molecule has 0 radical (unpaired) electrons. The Morgan fingerprint density at radius 2 is 0.816 bits per heavy atom. The summed E-state index contributed by atoms with van der Waals surface area (Å²) < 4.78 is 0. The van der Waals surface area contributed by atoms with Gasteiger partial charge >= 0.3 is 0 Å². The Bertz CT molecular complexity index is 2300. The van der Waals surface area contributed by atoms with Crippen molar-refractivity contribution in [3.05, 3.63) is 176 Å². The van der Waals surface area contributed by atoms with Gasteiger partial charge in [0.15, 0.2) is 17.5 Å². The summed E-state index contributed by atoms with van der Waals surface area (Å²) >= 11 is 0. The molecule has 8 aromatic rings. The number of aromatic nitrogens is 5. The second kappa shape index (κ2) is 13.3. The van der Waals surface area contributed by atoms with E-state index in [4.69, 9.17) is 15.0 Å². The lowest BCUT2D eigenvalue weighted by atomic mass is 9.94. The van der Waals surface area contributed by atoms with Crippen LogP contribution in [-0.4, -0.2) is 24.9 Å². The highest BCUT2D eigenvalue weighted by Gasteiger charge is 2.15. The molecular weight excluding hydrogens is 599 g/mol. The van der Waals surface area contributed by atoms with Crippen LogP contribution in [0.4, 0.5) is 0 Å². The van der Waals surface area contributed by atoms with E-state index in [-0.39, 0.29) is 0 Å². The van der Waals surface area contributed by atoms with Crippen LogP contribution in [0, 0.1) is 6.92 Å². The molecule has 0 N–H and O–H groups in total. The molecule has 6 aromatic carbocycles. The topological polar surface area (TPSA) is 64.5 Å². The monoisotopic (exact) mass is 629 g/mol. The predicted octanol–water partition coefficient (Wildman–Crippen LogP) is 10.6. The first-order valence-corrected chi connectivity index (χ1v) is 16.2. The summed E-state index contributed by atoms with van der Waals surface area (Å²) in [5.41, 5.74) is 12.7. The second-order valence-corrected chi connectivity index (χ2v) is 12.0.